The van der Waals surface area contributed by atoms with Gasteiger partial charge in [-0.05, 0) is 48.3 Å². The first-order chi connectivity index (χ1) is 12.4. The number of ether oxygens (including phenoxy) is 1. The minimum absolute atomic E-state index is 0.0146. The van der Waals surface area contributed by atoms with Gasteiger partial charge in [0.1, 0.15) is 5.76 Å². The van der Waals surface area contributed by atoms with E-state index in [-0.39, 0.29) is 16.2 Å². The SMILES string of the molecule is C=C/C=C\c1[nH]nc(C2(C)CC(C(C)(C)C)=CC(C(C)(C)C)=C2OC)c1C. The summed E-state index contributed by atoms with van der Waals surface area (Å²) >= 11 is 0. The Kier molecular flexibility index (Phi) is 5.66. The fraction of sp³-hybridized carbons (Fsp3) is 0.542. The second kappa shape index (κ2) is 7.18. The summed E-state index contributed by atoms with van der Waals surface area (Å²) < 4.78 is 6.05. The lowest BCUT2D eigenvalue weighted by Gasteiger charge is -2.42. The maximum absolute atomic E-state index is 6.05. The molecule has 1 aliphatic carbocycles. The Bertz CT molecular complexity index is 806. The van der Waals surface area contributed by atoms with Gasteiger partial charge >= 0.3 is 0 Å². The van der Waals surface area contributed by atoms with E-state index in [0.717, 1.165) is 29.1 Å². The standard InChI is InChI=1S/C24H36N2O/c1-11-12-13-19-16(2)20(26-25-19)24(9)15-17(22(3,4)5)14-18(21(24)27-10)23(6,7)8/h11-14H,1,15H2,2-10H3,(H,25,26)/b13-12-. The Morgan fingerprint density at radius 3 is 2.30 bits per heavy atom. The zero-order valence-electron chi connectivity index (χ0n) is 18.6. The molecule has 0 saturated carbocycles. The zero-order chi connectivity index (χ0) is 20.6. The van der Waals surface area contributed by atoms with Gasteiger partial charge in [-0.2, -0.15) is 5.10 Å². The Balaban J connectivity index is 2.75. The molecule has 0 radical (unpaired) electrons. The molecule has 0 amide bonds. The van der Waals surface area contributed by atoms with E-state index >= 15 is 0 Å². The minimum Gasteiger partial charge on any atom is -0.500 e. The highest BCUT2D eigenvalue weighted by atomic mass is 16.5. The average Bonchev–Trinajstić information content (AvgIpc) is 2.91. The summed E-state index contributed by atoms with van der Waals surface area (Å²) in [5, 5.41) is 7.94. The molecular weight excluding hydrogens is 332 g/mol. The number of methoxy groups -OCH3 is 1. The number of H-pyrrole nitrogens is 1. The highest BCUT2D eigenvalue weighted by molar-refractivity contribution is 5.55. The van der Waals surface area contributed by atoms with Crippen LogP contribution in [0.4, 0.5) is 0 Å². The summed E-state index contributed by atoms with van der Waals surface area (Å²) in [5.74, 6) is 1.02. The van der Waals surface area contributed by atoms with Crippen molar-refractivity contribution >= 4 is 6.08 Å². The monoisotopic (exact) mass is 368 g/mol. The van der Waals surface area contributed by atoms with Crippen LogP contribution in [0.3, 0.4) is 0 Å². The molecule has 1 aromatic heterocycles. The van der Waals surface area contributed by atoms with E-state index in [1.165, 1.54) is 11.1 Å². The summed E-state index contributed by atoms with van der Waals surface area (Å²) in [4.78, 5) is 0. The highest BCUT2D eigenvalue weighted by Crippen LogP contribution is 2.51. The van der Waals surface area contributed by atoms with Gasteiger partial charge in [0.25, 0.3) is 0 Å². The van der Waals surface area contributed by atoms with E-state index in [1.54, 1.807) is 13.2 Å². The molecule has 0 spiro atoms. The average molecular weight is 369 g/mol. The molecule has 148 valence electrons. The van der Waals surface area contributed by atoms with Crippen molar-refractivity contribution in [2.24, 2.45) is 10.8 Å². The lowest BCUT2D eigenvalue weighted by molar-refractivity contribution is 0.201. The van der Waals surface area contributed by atoms with Crippen molar-refractivity contribution in [2.75, 3.05) is 7.11 Å². The van der Waals surface area contributed by atoms with E-state index in [9.17, 15) is 0 Å². The maximum Gasteiger partial charge on any atom is 0.111 e. The first-order valence-corrected chi connectivity index (χ1v) is 9.71. The molecule has 3 heteroatoms. The van der Waals surface area contributed by atoms with Crippen LogP contribution in [0.2, 0.25) is 0 Å². The van der Waals surface area contributed by atoms with E-state index in [1.807, 2.05) is 12.2 Å². The molecule has 0 saturated heterocycles. The lowest BCUT2D eigenvalue weighted by Crippen LogP contribution is -2.36. The summed E-state index contributed by atoms with van der Waals surface area (Å²) in [5.41, 5.74) is 5.69. The Hall–Kier alpha value is -2.03. The normalized spacial score (nSPS) is 21.6. The van der Waals surface area contributed by atoms with Crippen LogP contribution in [0.25, 0.3) is 6.08 Å². The fourth-order valence-corrected chi connectivity index (χ4v) is 3.89. The quantitative estimate of drug-likeness (QED) is 0.616. The fourth-order valence-electron chi connectivity index (χ4n) is 3.89. The van der Waals surface area contributed by atoms with Gasteiger partial charge in [0.2, 0.25) is 0 Å². The van der Waals surface area contributed by atoms with Crippen LogP contribution in [0.15, 0.2) is 41.7 Å². The summed E-state index contributed by atoms with van der Waals surface area (Å²) in [6.07, 6.45) is 8.99. The Morgan fingerprint density at radius 1 is 1.19 bits per heavy atom. The smallest absolute Gasteiger partial charge is 0.111 e. The van der Waals surface area contributed by atoms with E-state index < -0.39 is 0 Å². The highest BCUT2D eigenvalue weighted by Gasteiger charge is 2.45. The number of allylic oxidation sites excluding steroid dienone is 6. The second-order valence-electron chi connectivity index (χ2n) is 9.83. The Morgan fingerprint density at radius 2 is 1.81 bits per heavy atom. The van der Waals surface area contributed by atoms with Crippen molar-refractivity contribution in [1.82, 2.24) is 10.2 Å². The summed E-state index contributed by atoms with van der Waals surface area (Å²) in [7, 11) is 1.79. The number of aromatic nitrogens is 2. The molecule has 1 aliphatic rings. The third kappa shape index (κ3) is 3.97. The molecule has 1 heterocycles. The predicted octanol–water partition coefficient (Wildman–Crippen LogP) is 6.50. The maximum atomic E-state index is 6.05. The van der Waals surface area contributed by atoms with Gasteiger partial charge in [-0.3, -0.25) is 5.10 Å². The second-order valence-corrected chi connectivity index (χ2v) is 9.83. The molecular formula is C24H36N2O. The van der Waals surface area contributed by atoms with Gasteiger partial charge in [-0.25, -0.2) is 0 Å². The van der Waals surface area contributed by atoms with Crippen LogP contribution in [0.1, 0.15) is 71.8 Å². The number of rotatable bonds is 4. The molecule has 0 bridgehead atoms. The van der Waals surface area contributed by atoms with Gasteiger partial charge in [-0.1, -0.05) is 71.9 Å². The molecule has 1 unspecified atom stereocenters. The first kappa shape index (κ1) is 21.3. The van der Waals surface area contributed by atoms with E-state index in [0.29, 0.717) is 0 Å². The lowest BCUT2D eigenvalue weighted by atomic mass is 9.64. The van der Waals surface area contributed by atoms with Crippen LogP contribution in [0, 0.1) is 17.8 Å². The number of hydrogen-bond donors (Lipinski definition) is 1. The molecule has 1 aromatic rings. The molecule has 1 N–H and O–H groups in total. The van der Waals surface area contributed by atoms with Gasteiger partial charge in [0.15, 0.2) is 0 Å². The molecule has 27 heavy (non-hydrogen) atoms. The molecule has 3 nitrogen and oxygen atoms in total. The van der Waals surface area contributed by atoms with E-state index in [2.05, 4.69) is 73.1 Å². The number of hydrogen-bond acceptors (Lipinski definition) is 2. The number of nitrogens with one attached hydrogen (secondary N) is 1. The largest absolute Gasteiger partial charge is 0.500 e. The van der Waals surface area contributed by atoms with Crippen molar-refractivity contribution < 1.29 is 4.74 Å². The van der Waals surface area contributed by atoms with Crippen LogP contribution < -0.4 is 0 Å². The van der Waals surface area contributed by atoms with Crippen LogP contribution in [0.5, 0.6) is 0 Å². The van der Waals surface area contributed by atoms with Crippen molar-refractivity contribution in [3.8, 4) is 0 Å². The van der Waals surface area contributed by atoms with Gasteiger partial charge in [-0.15, -0.1) is 0 Å². The zero-order valence-corrected chi connectivity index (χ0v) is 18.6. The van der Waals surface area contributed by atoms with Crippen LogP contribution in [-0.4, -0.2) is 17.3 Å². The van der Waals surface area contributed by atoms with Crippen LogP contribution in [-0.2, 0) is 10.2 Å². The third-order valence-electron chi connectivity index (χ3n) is 5.55. The summed E-state index contributed by atoms with van der Waals surface area (Å²) in [6, 6.07) is 0. The number of nitrogens with zero attached hydrogens (tertiary/aromatic N) is 1. The van der Waals surface area contributed by atoms with Gasteiger partial charge < -0.3 is 4.74 Å². The minimum atomic E-state index is -0.310. The molecule has 2 rings (SSSR count). The first-order valence-electron chi connectivity index (χ1n) is 9.71. The van der Waals surface area contributed by atoms with Gasteiger partial charge in [0.05, 0.1) is 23.9 Å². The Labute approximate surface area is 165 Å². The number of aromatic amines is 1. The topological polar surface area (TPSA) is 37.9 Å². The van der Waals surface area contributed by atoms with Crippen molar-refractivity contribution in [3.63, 3.8) is 0 Å². The van der Waals surface area contributed by atoms with Crippen molar-refractivity contribution in [1.29, 1.82) is 0 Å². The molecule has 0 aromatic carbocycles. The molecule has 1 atom stereocenters. The van der Waals surface area contributed by atoms with Gasteiger partial charge in [0, 0.05) is 0 Å². The third-order valence-corrected chi connectivity index (χ3v) is 5.55. The molecule has 0 aliphatic heterocycles. The predicted molar refractivity (Wildman–Crippen MR) is 116 cm³/mol. The van der Waals surface area contributed by atoms with Crippen molar-refractivity contribution in [2.45, 2.75) is 67.2 Å². The van der Waals surface area contributed by atoms with Crippen LogP contribution >= 0.6 is 0 Å². The molecule has 0 fully saturated rings. The van der Waals surface area contributed by atoms with E-state index in [4.69, 9.17) is 9.84 Å². The van der Waals surface area contributed by atoms with Crippen molar-refractivity contribution in [3.05, 3.63) is 58.7 Å². The summed E-state index contributed by atoms with van der Waals surface area (Å²) in [6.45, 7) is 21.8.